The summed E-state index contributed by atoms with van der Waals surface area (Å²) in [6.07, 6.45) is 6.19. The highest BCUT2D eigenvalue weighted by atomic mass is 79.9. The van der Waals surface area contributed by atoms with Crippen LogP contribution in [-0.4, -0.2) is 4.29 Å². The molecule has 0 aromatic rings. The van der Waals surface area contributed by atoms with E-state index in [2.05, 4.69) is 35.0 Å². The molecule has 0 saturated carbocycles. The Kier molecular flexibility index (Phi) is 6.00. The molecule has 2 heteroatoms. The monoisotopic (exact) mass is 196 g/mol. The highest BCUT2D eigenvalue weighted by Crippen LogP contribution is 2.09. The van der Waals surface area contributed by atoms with E-state index in [-0.39, 0.29) is 4.29 Å². The quantitative estimate of drug-likeness (QED) is 0.481. The highest BCUT2D eigenvalue weighted by Gasteiger charge is 1.89. The van der Waals surface area contributed by atoms with Crippen molar-refractivity contribution in [2.75, 3.05) is 0 Å². The Labute approximate surface area is 64.0 Å². The molecule has 1 unspecified atom stereocenters. The lowest BCUT2D eigenvalue weighted by atomic mass is 10.4. The van der Waals surface area contributed by atoms with Crippen molar-refractivity contribution in [2.24, 2.45) is 0 Å². The summed E-state index contributed by atoms with van der Waals surface area (Å²) >= 11 is 8.80. The van der Waals surface area contributed by atoms with Crippen molar-refractivity contribution in [2.45, 2.75) is 24.1 Å². The fourth-order valence-electron chi connectivity index (χ4n) is 0.366. The number of alkyl halides is 2. The number of hydrogen-bond donors (Lipinski definition) is 0. The molecular weight excluding hydrogens is 187 g/mol. The minimum Gasteiger partial charge on any atom is -0.110 e. The molecule has 0 fully saturated rings. The third kappa shape index (κ3) is 6.51. The molecule has 0 aromatic carbocycles. The van der Waals surface area contributed by atoms with Crippen molar-refractivity contribution in [3.05, 3.63) is 12.2 Å². The van der Waals surface area contributed by atoms with Crippen LogP contribution in [0, 0.1) is 0 Å². The molecule has 0 amide bonds. The molecule has 0 saturated heterocycles. The molecule has 0 N–H and O–H groups in total. The van der Waals surface area contributed by atoms with E-state index in [1.807, 2.05) is 0 Å². The Bertz CT molecular complexity index is 68.9. The van der Waals surface area contributed by atoms with Crippen LogP contribution in [0.5, 0.6) is 0 Å². The van der Waals surface area contributed by atoms with E-state index < -0.39 is 0 Å². The average Bonchev–Trinajstić information content (AvgIpc) is 1.66. The van der Waals surface area contributed by atoms with E-state index in [9.17, 15) is 0 Å². The summed E-state index contributed by atoms with van der Waals surface area (Å²) in [5, 5.41) is 0. The molecule has 0 nitrogen and oxygen atoms in total. The van der Waals surface area contributed by atoms with Gasteiger partial charge in [-0.15, -0.1) is 11.6 Å². The predicted molar refractivity (Wildman–Crippen MR) is 42.6 cm³/mol. The number of allylic oxidation sites excluding steroid dienone is 2. The van der Waals surface area contributed by atoms with Gasteiger partial charge in [-0.25, -0.2) is 0 Å². The largest absolute Gasteiger partial charge is 0.110 e. The maximum absolute atomic E-state index is 5.58. The fraction of sp³-hybridized carbons (Fsp3) is 0.667. The van der Waals surface area contributed by atoms with Crippen LogP contribution in [0.1, 0.15) is 19.8 Å². The van der Waals surface area contributed by atoms with E-state index >= 15 is 0 Å². The van der Waals surface area contributed by atoms with Crippen LogP contribution in [0.15, 0.2) is 12.2 Å². The second-order valence-corrected chi connectivity index (χ2v) is 3.67. The molecule has 1 atom stereocenters. The summed E-state index contributed by atoms with van der Waals surface area (Å²) in [5.41, 5.74) is 0. The van der Waals surface area contributed by atoms with E-state index in [0.29, 0.717) is 0 Å². The first-order valence-electron chi connectivity index (χ1n) is 2.70. The molecule has 0 bridgehead atoms. The average molecular weight is 198 g/mol. The van der Waals surface area contributed by atoms with Crippen molar-refractivity contribution in [1.82, 2.24) is 0 Å². The maximum atomic E-state index is 5.58. The summed E-state index contributed by atoms with van der Waals surface area (Å²) < 4.78 is 0.102. The number of halogens is 2. The van der Waals surface area contributed by atoms with Gasteiger partial charge in [0.2, 0.25) is 0 Å². The van der Waals surface area contributed by atoms with Crippen molar-refractivity contribution < 1.29 is 0 Å². The van der Waals surface area contributed by atoms with Crippen LogP contribution in [0.2, 0.25) is 0 Å². The zero-order valence-electron chi connectivity index (χ0n) is 4.90. The third-order valence-corrected chi connectivity index (χ3v) is 1.27. The van der Waals surface area contributed by atoms with E-state index in [4.69, 9.17) is 11.6 Å². The van der Waals surface area contributed by atoms with Gasteiger partial charge in [0.15, 0.2) is 0 Å². The van der Waals surface area contributed by atoms with Gasteiger partial charge in [-0.1, -0.05) is 35.0 Å². The van der Waals surface area contributed by atoms with Crippen molar-refractivity contribution in [1.29, 1.82) is 0 Å². The zero-order valence-corrected chi connectivity index (χ0v) is 7.24. The van der Waals surface area contributed by atoms with Gasteiger partial charge in [0, 0.05) is 0 Å². The van der Waals surface area contributed by atoms with Gasteiger partial charge >= 0.3 is 0 Å². The van der Waals surface area contributed by atoms with Gasteiger partial charge in [-0.2, -0.15) is 0 Å². The van der Waals surface area contributed by atoms with Gasteiger partial charge in [0.1, 0.15) is 0 Å². The number of rotatable bonds is 3. The summed E-state index contributed by atoms with van der Waals surface area (Å²) in [6.45, 7) is 2.11. The van der Waals surface area contributed by atoms with Crippen LogP contribution in [0.25, 0.3) is 0 Å². The minimum atomic E-state index is 0.102. The molecule has 0 aliphatic rings. The summed E-state index contributed by atoms with van der Waals surface area (Å²) in [5.74, 6) is 0. The van der Waals surface area contributed by atoms with Crippen LogP contribution in [0.3, 0.4) is 0 Å². The highest BCUT2D eigenvalue weighted by molar-refractivity contribution is 9.10. The van der Waals surface area contributed by atoms with Crippen LogP contribution in [0.4, 0.5) is 0 Å². The van der Waals surface area contributed by atoms with Crippen LogP contribution < -0.4 is 0 Å². The second kappa shape index (κ2) is 5.64. The Hall–Kier alpha value is 0.510. The van der Waals surface area contributed by atoms with Gasteiger partial charge in [-0.3, -0.25) is 0 Å². The van der Waals surface area contributed by atoms with Crippen LogP contribution >= 0.6 is 27.5 Å². The maximum Gasteiger partial charge on any atom is 0.0920 e. The van der Waals surface area contributed by atoms with E-state index in [1.165, 1.54) is 0 Å². The summed E-state index contributed by atoms with van der Waals surface area (Å²) in [7, 11) is 0. The summed E-state index contributed by atoms with van der Waals surface area (Å²) in [4.78, 5) is 0. The van der Waals surface area contributed by atoms with Gasteiger partial charge < -0.3 is 0 Å². The molecule has 0 aliphatic heterocycles. The lowest BCUT2D eigenvalue weighted by Crippen LogP contribution is -1.78. The molecule has 8 heavy (non-hydrogen) atoms. The van der Waals surface area contributed by atoms with Gasteiger partial charge in [-0.05, 0) is 12.8 Å². The van der Waals surface area contributed by atoms with Gasteiger partial charge in [0.25, 0.3) is 0 Å². The smallest absolute Gasteiger partial charge is 0.0920 e. The van der Waals surface area contributed by atoms with E-state index in [0.717, 1.165) is 12.8 Å². The second-order valence-electron chi connectivity index (χ2n) is 1.51. The Morgan fingerprint density at radius 2 is 2.25 bits per heavy atom. The molecule has 0 aliphatic carbocycles. The number of hydrogen-bond acceptors (Lipinski definition) is 0. The molecule has 0 heterocycles. The molecule has 0 radical (unpaired) electrons. The Morgan fingerprint density at radius 3 is 2.62 bits per heavy atom. The zero-order chi connectivity index (χ0) is 6.41. The first-order chi connectivity index (χ1) is 3.77. The van der Waals surface area contributed by atoms with Crippen molar-refractivity contribution >= 4 is 27.5 Å². The molecular formula is C6H10BrCl. The lowest BCUT2D eigenvalue weighted by Gasteiger charge is -1.89. The Balaban J connectivity index is 3.03. The predicted octanol–water partition coefficient (Wildman–Crippen LogP) is 3.30. The molecule has 0 spiro atoms. The molecule has 48 valence electrons. The van der Waals surface area contributed by atoms with E-state index in [1.54, 1.807) is 0 Å². The summed E-state index contributed by atoms with van der Waals surface area (Å²) in [6, 6.07) is 0. The van der Waals surface area contributed by atoms with Gasteiger partial charge in [0.05, 0.1) is 4.29 Å². The van der Waals surface area contributed by atoms with Crippen LogP contribution in [-0.2, 0) is 0 Å². The van der Waals surface area contributed by atoms with Crippen molar-refractivity contribution in [3.63, 3.8) is 0 Å². The third-order valence-electron chi connectivity index (χ3n) is 0.717. The molecule has 0 rings (SSSR count). The standard InChI is InChI=1S/C6H10BrCl/c1-2-3-4-5-6(7)8/h3-4,6H,2,5H2,1H3/b4-3-. The first kappa shape index (κ1) is 8.51. The normalized spacial score (nSPS) is 14.9. The topological polar surface area (TPSA) is 0 Å². The first-order valence-corrected chi connectivity index (χ1v) is 4.05. The minimum absolute atomic E-state index is 0.102. The molecule has 0 aromatic heterocycles. The fourth-order valence-corrected chi connectivity index (χ4v) is 0.684. The Morgan fingerprint density at radius 1 is 1.62 bits per heavy atom. The lowest BCUT2D eigenvalue weighted by molar-refractivity contribution is 1.14. The SMILES string of the molecule is CC/C=C\CC(Cl)Br. The van der Waals surface area contributed by atoms with Crippen molar-refractivity contribution in [3.8, 4) is 0 Å².